The highest BCUT2D eigenvalue weighted by molar-refractivity contribution is 7.89. The van der Waals surface area contributed by atoms with Gasteiger partial charge in [-0.2, -0.15) is 4.31 Å². The van der Waals surface area contributed by atoms with E-state index in [4.69, 9.17) is 28.9 Å². The molecule has 0 radical (unpaired) electrons. The normalized spacial score (nSPS) is 17.9. The van der Waals surface area contributed by atoms with E-state index in [1.165, 1.54) is 16.4 Å². The van der Waals surface area contributed by atoms with Crippen LogP contribution in [0.15, 0.2) is 17.0 Å². The van der Waals surface area contributed by atoms with Gasteiger partial charge in [0.1, 0.15) is 4.90 Å². The maximum Gasteiger partial charge on any atom is 0.246 e. The van der Waals surface area contributed by atoms with E-state index in [9.17, 15) is 8.42 Å². The van der Waals surface area contributed by atoms with Crippen LogP contribution in [-0.2, 0) is 10.0 Å². The molecule has 1 aliphatic carbocycles. The van der Waals surface area contributed by atoms with Gasteiger partial charge in [0.15, 0.2) is 0 Å². The van der Waals surface area contributed by atoms with E-state index in [2.05, 4.69) is 0 Å². The molecular formula is C14H20Cl2N2O2S. The first-order valence-electron chi connectivity index (χ1n) is 7.06. The summed E-state index contributed by atoms with van der Waals surface area (Å²) in [5, 5.41) is 0.397. The Labute approximate surface area is 136 Å². The van der Waals surface area contributed by atoms with E-state index in [0.717, 1.165) is 38.5 Å². The third-order valence-electron chi connectivity index (χ3n) is 4.01. The molecule has 7 heteroatoms. The Kier molecular flexibility index (Phi) is 5.41. The third-order valence-corrected chi connectivity index (χ3v) is 6.67. The van der Waals surface area contributed by atoms with E-state index >= 15 is 0 Å². The van der Waals surface area contributed by atoms with Gasteiger partial charge in [0, 0.05) is 18.1 Å². The molecule has 1 aromatic rings. The summed E-state index contributed by atoms with van der Waals surface area (Å²) in [6.07, 6.45) is 6.17. The van der Waals surface area contributed by atoms with Gasteiger partial charge in [-0.3, -0.25) is 0 Å². The van der Waals surface area contributed by atoms with Crippen LogP contribution < -0.4 is 5.73 Å². The Morgan fingerprint density at radius 3 is 2.24 bits per heavy atom. The van der Waals surface area contributed by atoms with E-state index in [0.29, 0.717) is 5.02 Å². The molecule has 1 aliphatic rings. The molecule has 0 bridgehead atoms. The maximum absolute atomic E-state index is 12.8. The van der Waals surface area contributed by atoms with Crippen molar-refractivity contribution < 1.29 is 8.42 Å². The minimum atomic E-state index is -3.72. The molecule has 0 atom stereocenters. The van der Waals surface area contributed by atoms with Gasteiger partial charge in [0.05, 0.1) is 10.7 Å². The number of nitrogens with zero attached hydrogens (tertiary/aromatic N) is 1. The summed E-state index contributed by atoms with van der Waals surface area (Å²) in [5.74, 6) is 0. The highest BCUT2D eigenvalue weighted by Crippen LogP contribution is 2.35. The van der Waals surface area contributed by atoms with E-state index in [1.807, 2.05) is 0 Å². The van der Waals surface area contributed by atoms with E-state index in [-0.39, 0.29) is 21.6 Å². The maximum atomic E-state index is 12.8. The highest BCUT2D eigenvalue weighted by atomic mass is 35.5. The number of sulfonamides is 1. The lowest BCUT2D eigenvalue weighted by molar-refractivity contribution is 0.336. The van der Waals surface area contributed by atoms with Crippen molar-refractivity contribution in [1.82, 2.24) is 4.31 Å². The molecule has 21 heavy (non-hydrogen) atoms. The van der Waals surface area contributed by atoms with Crippen molar-refractivity contribution in [2.45, 2.75) is 49.5 Å². The van der Waals surface area contributed by atoms with Gasteiger partial charge >= 0.3 is 0 Å². The van der Waals surface area contributed by atoms with Crippen molar-refractivity contribution in [3.8, 4) is 0 Å². The SMILES string of the molecule is CN(C1CCCCCC1)S(=O)(=O)c1c(N)cc(Cl)cc1Cl. The van der Waals surface area contributed by atoms with Crippen molar-refractivity contribution in [1.29, 1.82) is 0 Å². The molecule has 2 rings (SSSR count). The topological polar surface area (TPSA) is 63.4 Å². The van der Waals surface area contributed by atoms with Gasteiger partial charge in [-0.25, -0.2) is 8.42 Å². The number of hydrogen-bond acceptors (Lipinski definition) is 3. The highest BCUT2D eigenvalue weighted by Gasteiger charge is 2.31. The first kappa shape index (κ1) is 16.9. The molecule has 2 N–H and O–H groups in total. The summed E-state index contributed by atoms with van der Waals surface area (Å²) < 4.78 is 27.1. The van der Waals surface area contributed by atoms with Gasteiger partial charge in [0.2, 0.25) is 10.0 Å². The zero-order chi connectivity index (χ0) is 15.6. The number of benzene rings is 1. The van der Waals surface area contributed by atoms with E-state index < -0.39 is 10.0 Å². The number of hydrogen-bond donors (Lipinski definition) is 1. The average Bonchev–Trinajstić information content (AvgIpc) is 2.64. The molecule has 1 fully saturated rings. The van der Waals surface area contributed by atoms with Crippen LogP contribution in [-0.4, -0.2) is 25.8 Å². The monoisotopic (exact) mass is 350 g/mol. The summed E-state index contributed by atoms with van der Waals surface area (Å²) in [4.78, 5) is -0.0414. The van der Waals surface area contributed by atoms with Crippen LogP contribution in [0.5, 0.6) is 0 Å². The van der Waals surface area contributed by atoms with Gasteiger partial charge in [0.25, 0.3) is 0 Å². The fourth-order valence-corrected chi connectivity index (χ4v) is 5.17. The lowest BCUT2D eigenvalue weighted by Gasteiger charge is -2.27. The quantitative estimate of drug-likeness (QED) is 0.663. The largest absolute Gasteiger partial charge is 0.398 e. The van der Waals surface area contributed by atoms with Crippen LogP contribution in [0.25, 0.3) is 0 Å². The minimum absolute atomic E-state index is 0.00337. The Balaban J connectivity index is 2.37. The lowest BCUT2D eigenvalue weighted by Crippen LogP contribution is -2.37. The molecule has 4 nitrogen and oxygen atoms in total. The fraction of sp³-hybridized carbons (Fsp3) is 0.571. The molecule has 0 saturated heterocycles. The Bertz CT molecular complexity index is 588. The van der Waals surface area contributed by atoms with Gasteiger partial charge in [-0.1, -0.05) is 48.9 Å². The summed E-state index contributed by atoms with van der Waals surface area (Å²) in [6.45, 7) is 0. The second-order valence-corrected chi connectivity index (χ2v) is 8.25. The Hall–Kier alpha value is -0.490. The van der Waals surface area contributed by atoms with Crippen LogP contribution in [0, 0.1) is 0 Å². The fourth-order valence-electron chi connectivity index (χ4n) is 2.81. The molecule has 0 spiro atoms. The second-order valence-electron chi connectivity index (χ2n) is 5.47. The third kappa shape index (κ3) is 3.65. The first-order valence-corrected chi connectivity index (χ1v) is 9.26. The predicted molar refractivity (Wildman–Crippen MR) is 87.3 cm³/mol. The zero-order valence-electron chi connectivity index (χ0n) is 12.0. The van der Waals surface area contributed by atoms with Crippen molar-refractivity contribution in [3.63, 3.8) is 0 Å². The van der Waals surface area contributed by atoms with Crippen LogP contribution in [0.3, 0.4) is 0 Å². The molecule has 0 aromatic heterocycles. The average molecular weight is 351 g/mol. The minimum Gasteiger partial charge on any atom is -0.398 e. The Morgan fingerprint density at radius 2 is 1.71 bits per heavy atom. The first-order chi connectivity index (χ1) is 9.84. The number of nitrogen functional groups attached to an aromatic ring is 1. The molecular weight excluding hydrogens is 331 g/mol. The molecule has 0 amide bonds. The second kappa shape index (κ2) is 6.73. The summed E-state index contributed by atoms with van der Waals surface area (Å²) in [5.41, 5.74) is 5.92. The smallest absolute Gasteiger partial charge is 0.246 e. The molecule has 0 unspecified atom stereocenters. The number of rotatable bonds is 3. The molecule has 0 heterocycles. The van der Waals surface area contributed by atoms with Gasteiger partial charge in [-0.05, 0) is 25.0 Å². The van der Waals surface area contributed by atoms with Crippen molar-refractivity contribution in [2.24, 2.45) is 0 Å². The van der Waals surface area contributed by atoms with Crippen LogP contribution >= 0.6 is 23.2 Å². The predicted octanol–water partition coefficient (Wildman–Crippen LogP) is 3.92. The lowest BCUT2D eigenvalue weighted by atomic mass is 10.1. The van der Waals surface area contributed by atoms with Crippen LogP contribution in [0.1, 0.15) is 38.5 Å². The van der Waals surface area contributed by atoms with Crippen molar-refractivity contribution in [3.05, 3.63) is 22.2 Å². The number of nitrogens with two attached hydrogens (primary N) is 1. The van der Waals surface area contributed by atoms with Crippen LogP contribution in [0.4, 0.5) is 5.69 Å². The van der Waals surface area contributed by atoms with Gasteiger partial charge in [-0.15, -0.1) is 0 Å². The molecule has 118 valence electrons. The summed E-state index contributed by atoms with van der Waals surface area (Å²) in [7, 11) is -2.11. The Morgan fingerprint density at radius 1 is 1.14 bits per heavy atom. The molecule has 1 aromatic carbocycles. The van der Waals surface area contributed by atoms with Crippen molar-refractivity contribution in [2.75, 3.05) is 12.8 Å². The molecule has 0 aliphatic heterocycles. The summed E-state index contributed by atoms with van der Waals surface area (Å²) >= 11 is 11.9. The standard InChI is InChI=1S/C14H20Cl2N2O2S/c1-18(11-6-4-2-3-5-7-11)21(19,20)14-12(16)8-10(15)9-13(14)17/h8-9,11H,2-7,17H2,1H3. The summed E-state index contributed by atoms with van der Waals surface area (Å²) in [6, 6.07) is 2.83. The molecule has 1 saturated carbocycles. The number of anilines is 1. The number of halogens is 2. The van der Waals surface area contributed by atoms with Gasteiger partial charge < -0.3 is 5.73 Å². The zero-order valence-corrected chi connectivity index (χ0v) is 14.3. The van der Waals surface area contributed by atoms with Crippen LogP contribution in [0.2, 0.25) is 10.0 Å². The van der Waals surface area contributed by atoms with E-state index in [1.54, 1.807) is 7.05 Å². The van der Waals surface area contributed by atoms with Crippen molar-refractivity contribution >= 4 is 38.9 Å².